The van der Waals surface area contributed by atoms with Crippen LogP contribution in [0.1, 0.15) is 55.7 Å². The van der Waals surface area contributed by atoms with E-state index in [1.807, 2.05) is 42.5 Å². The molecule has 3 aromatic carbocycles. The number of nitrogens with one attached hydrogen (secondary N) is 2. The van der Waals surface area contributed by atoms with Crippen LogP contribution in [0.2, 0.25) is 0 Å². The maximum Gasteiger partial charge on any atom is 0.232 e. The van der Waals surface area contributed by atoms with Gasteiger partial charge in [0, 0.05) is 34.4 Å². The van der Waals surface area contributed by atoms with Crippen LogP contribution in [-0.2, 0) is 10.0 Å². The summed E-state index contributed by atoms with van der Waals surface area (Å²) in [5.74, 6) is -0.0614. The van der Waals surface area contributed by atoms with Gasteiger partial charge in [-0.2, -0.15) is 0 Å². The van der Waals surface area contributed by atoms with Gasteiger partial charge in [0.15, 0.2) is 5.88 Å². The molecule has 0 spiro atoms. The highest BCUT2D eigenvalue weighted by Gasteiger charge is 2.20. The van der Waals surface area contributed by atoms with Crippen LogP contribution in [0.15, 0.2) is 82.8 Å². The minimum Gasteiger partial charge on any atom is -0.494 e. The van der Waals surface area contributed by atoms with Crippen LogP contribution in [0, 0.1) is 0 Å². The predicted molar refractivity (Wildman–Crippen MR) is 156 cm³/mol. The Kier molecular flexibility index (Phi) is 7.60. The number of sulfonamides is 1. The standard InChI is InChI=1S/C30H32N4O3S/c1-2-38(36,37)34-24-17-18-27-25(20-24)28(30(35)33-27)29(22-10-6-5-7-11-22)32-23-15-13-21(14-16-23)26-12-8-3-4-9-19-31-26/h5-7,10-11,13-18,20,33-35H,2-4,8-9,12,19H2,1H3. The Morgan fingerprint density at radius 1 is 1.00 bits per heavy atom. The van der Waals surface area contributed by atoms with Crippen molar-refractivity contribution in [3.05, 3.63) is 89.5 Å². The van der Waals surface area contributed by atoms with Crippen molar-refractivity contribution >= 4 is 43.7 Å². The highest BCUT2D eigenvalue weighted by molar-refractivity contribution is 7.92. The van der Waals surface area contributed by atoms with Gasteiger partial charge in [0.1, 0.15) is 0 Å². The van der Waals surface area contributed by atoms with E-state index in [-0.39, 0.29) is 11.6 Å². The number of hydrogen-bond acceptors (Lipinski definition) is 5. The Morgan fingerprint density at radius 2 is 1.76 bits per heavy atom. The van der Waals surface area contributed by atoms with Crippen molar-refractivity contribution in [2.45, 2.75) is 39.0 Å². The van der Waals surface area contributed by atoms with Gasteiger partial charge in [0.05, 0.1) is 22.7 Å². The van der Waals surface area contributed by atoms with E-state index in [9.17, 15) is 13.5 Å². The monoisotopic (exact) mass is 528 g/mol. The molecule has 1 aliphatic rings. The molecule has 1 aliphatic heterocycles. The Bertz CT molecular complexity index is 1590. The molecule has 3 N–H and O–H groups in total. The largest absolute Gasteiger partial charge is 0.494 e. The number of anilines is 1. The number of rotatable bonds is 7. The number of hydrogen-bond donors (Lipinski definition) is 3. The van der Waals surface area contributed by atoms with Crippen LogP contribution in [-0.4, -0.2) is 42.2 Å². The zero-order valence-electron chi connectivity index (χ0n) is 21.4. The van der Waals surface area contributed by atoms with E-state index >= 15 is 0 Å². The minimum atomic E-state index is -3.45. The molecular formula is C30H32N4O3S. The number of nitrogens with zero attached hydrogens (tertiary/aromatic N) is 2. The summed E-state index contributed by atoms with van der Waals surface area (Å²) >= 11 is 0. The lowest BCUT2D eigenvalue weighted by atomic mass is 10.00. The van der Waals surface area contributed by atoms with Crippen molar-refractivity contribution in [3.63, 3.8) is 0 Å². The Balaban J connectivity index is 1.58. The van der Waals surface area contributed by atoms with Gasteiger partial charge in [-0.25, -0.2) is 13.4 Å². The van der Waals surface area contributed by atoms with Crippen molar-refractivity contribution in [1.29, 1.82) is 0 Å². The van der Waals surface area contributed by atoms with Crippen molar-refractivity contribution < 1.29 is 13.5 Å². The average molecular weight is 529 g/mol. The number of aromatic amines is 1. The second-order valence-electron chi connectivity index (χ2n) is 9.48. The van der Waals surface area contributed by atoms with E-state index in [4.69, 9.17) is 9.98 Å². The van der Waals surface area contributed by atoms with Crippen LogP contribution in [0.4, 0.5) is 11.4 Å². The normalized spacial score (nSPS) is 15.1. The maximum absolute atomic E-state index is 12.2. The van der Waals surface area contributed by atoms with E-state index in [1.54, 1.807) is 25.1 Å². The first-order chi connectivity index (χ1) is 18.4. The maximum atomic E-state index is 12.2. The summed E-state index contributed by atoms with van der Waals surface area (Å²) in [7, 11) is -3.45. The van der Waals surface area contributed by atoms with Crippen molar-refractivity contribution in [2.75, 3.05) is 17.0 Å². The van der Waals surface area contributed by atoms with E-state index in [0.29, 0.717) is 27.9 Å². The summed E-state index contributed by atoms with van der Waals surface area (Å²) in [6.07, 6.45) is 5.79. The smallest absolute Gasteiger partial charge is 0.232 e. The zero-order valence-corrected chi connectivity index (χ0v) is 22.3. The number of benzene rings is 3. The minimum absolute atomic E-state index is 0.0291. The molecule has 7 nitrogen and oxygen atoms in total. The molecule has 8 heteroatoms. The first-order valence-electron chi connectivity index (χ1n) is 13.1. The SMILES string of the molecule is CCS(=O)(=O)Nc1ccc2[nH]c(O)c(C(=Nc3ccc(C4=NCCCCCC4)cc3)c3ccccc3)c2c1. The molecule has 0 aliphatic carbocycles. The van der Waals surface area contributed by atoms with Gasteiger partial charge >= 0.3 is 0 Å². The summed E-state index contributed by atoms with van der Waals surface area (Å²) in [5, 5.41) is 11.7. The van der Waals surface area contributed by atoms with Crippen LogP contribution in [0.25, 0.3) is 10.9 Å². The Hall–Kier alpha value is -3.91. The molecule has 1 aromatic heterocycles. The zero-order chi connectivity index (χ0) is 26.5. The molecule has 0 fully saturated rings. The third-order valence-electron chi connectivity index (χ3n) is 6.78. The van der Waals surface area contributed by atoms with Crippen molar-refractivity contribution in [2.24, 2.45) is 9.98 Å². The molecule has 0 atom stereocenters. The molecule has 196 valence electrons. The highest BCUT2D eigenvalue weighted by Crippen LogP contribution is 2.33. The molecule has 0 saturated heterocycles. The van der Waals surface area contributed by atoms with Gasteiger partial charge in [-0.1, -0.05) is 55.3 Å². The molecule has 4 aromatic rings. The van der Waals surface area contributed by atoms with Crippen LogP contribution >= 0.6 is 0 Å². The first kappa shape index (κ1) is 25.7. The lowest BCUT2D eigenvalue weighted by Gasteiger charge is -2.12. The van der Waals surface area contributed by atoms with E-state index < -0.39 is 10.0 Å². The number of aromatic nitrogens is 1. The van der Waals surface area contributed by atoms with Gasteiger partial charge in [-0.15, -0.1) is 0 Å². The van der Waals surface area contributed by atoms with Crippen LogP contribution in [0.5, 0.6) is 5.88 Å². The third kappa shape index (κ3) is 5.81. The lowest BCUT2D eigenvalue weighted by molar-refractivity contribution is 0.457. The molecular weight excluding hydrogens is 496 g/mol. The Labute approximate surface area is 223 Å². The molecule has 0 amide bonds. The number of fused-ring (bicyclic) bond motifs is 1. The molecule has 0 unspecified atom stereocenters. The van der Waals surface area contributed by atoms with E-state index in [1.165, 1.54) is 12.8 Å². The fourth-order valence-electron chi connectivity index (χ4n) is 4.74. The molecule has 0 radical (unpaired) electrons. The second-order valence-corrected chi connectivity index (χ2v) is 11.5. The summed E-state index contributed by atoms with van der Waals surface area (Å²) in [4.78, 5) is 12.8. The quantitative estimate of drug-likeness (QED) is 0.237. The van der Waals surface area contributed by atoms with Crippen molar-refractivity contribution in [3.8, 4) is 5.88 Å². The summed E-state index contributed by atoms with van der Waals surface area (Å²) in [5.41, 5.74) is 6.05. The molecule has 0 bridgehead atoms. The molecule has 5 rings (SSSR count). The fraction of sp³-hybridized carbons (Fsp3) is 0.267. The van der Waals surface area contributed by atoms with Gasteiger partial charge in [0.25, 0.3) is 0 Å². The van der Waals surface area contributed by atoms with E-state index in [0.717, 1.165) is 48.3 Å². The van der Waals surface area contributed by atoms with E-state index in [2.05, 4.69) is 21.8 Å². The number of aromatic hydroxyl groups is 1. The van der Waals surface area contributed by atoms with Crippen molar-refractivity contribution in [1.82, 2.24) is 4.98 Å². The highest BCUT2D eigenvalue weighted by atomic mass is 32.2. The first-order valence-corrected chi connectivity index (χ1v) is 14.7. The number of H-pyrrole nitrogens is 1. The summed E-state index contributed by atoms with van der Waals surface area (Å²) < 4.78 is 26.9. The lowest BCUT2D eigenvalue weighted by Crippen LogP contribution is -2.14. The average Bonchev–Trinajstić information content (AvgIpc) is 3.23. The summed E-state index contributed by atoms with van der Waals surface area (Å²) in [6, 6.07) is 22.9. The van der Waals surface area contributed by atoms with Crippen LogP contribution < -0.4 is 4.72 Å². The summed E-state index contributed by atoms with van der Waals surface area (Å²) in [6.45, 7) is 2.47. The van der Waals surface area contributed by atoms with Gasteiger partial charge in [-0.05, 0) is 62.1 Å². The molecule has 2 heterocycles. The van der Waals surface area contributed by atoms with Gasteiger partial charge < -0.3 is 10.1 Å². The second kappa shape index (κ2) is 11.2. The molecule has 38 heavy (non-hydrogen) atoms. The number of aliphatic imine (C=N–C) groups is 2. The predicted octanol–water partition coefficient (Wildman–Crippen LogP) is 6.56. The van der Waals surface area contributed by atoms with Gasteiger partial charge in [0.2, 0.25) is 10.0 Å². The fourth-order valence-corrected chi connectivity index (χ4v) is 5.37. The van der Waals surface area contributed by atoms with Crippen LogP contribution in [0.3, 0.4) is 0 Å². The topological polar surface area (TPSA) is 107 Å². The third-order valence-corrected chi connectivity index (χ3v) is 8.09. The molecule has 0 saturated carbocycles. The Morgan fingerprint density at radius 3 is 2.53 bits per heavy atom. The van der Waals surface area contributed by atoms with Gasteiger partial charge in [-0.3, -0.25) is 9.71 Å².